The standard InChI is InChI=1S/C9H18ClNO/c1-7(2)11-5-9(4-10)12-6-8(11)3/h7-9H,4-6H2,1-3H3. The van der Waals surface area contributed by atoms with Gasteiger partial charge < -0.3 is 4.74 Å². The molecular formula is C9H18ClNO. The van der Waals surface area contributed by atoms with Crippen molar-refractivity contribution < 1.29 is 4.74 Å². The van der Waals surface area contributed by atoms with Gasteiger partial charge >= 0.3 is 0 Å². The molecule has 1 heterocycles. The Labute approximate surface area is 79.8 Å². The maximum absolute atomic E-state index is 5.75. The molecule has 1 rings (SSSR count). The summed E-state index contributed by atoms with van der Waals surface area (Å²) in [6.45, 7) is 8.42. The number of halogens is 1. The summed E-state index contributed by atoms with van der Waals surface area (Å²) in [5, 5.41) is 0. The van der Waals surface area contributed by atoms with Gasteiger partial charge in [-0.25, -0.2) is 0 Å². The molecule has 0 N–H and O–H groups in total. The van der Waals surface area contributed by atoms with Crippen LogP contribution in [0.4, 0.5) is 0 Å². The molecule has 2 nitrogen and oxygen atoms in total. The Morgan fingerprint density at radius 3 is 2.75 bits per heavy atom. The van der Waals surface area contributed by atoms with Crippen LogP contribution < -0.4 is 0 Å². The van der Waals surface area contributed by atoms with E-state index < -0.39 is 0 Å². The normalized spacial score (nSPS) is 32.8. The fraction of sp³-hybridized carbons (Fsp3) is 1.00. The number of ether oxygens (including phenoxy) is 1. The summed E-state index contributed by atoms with van der Waals surface area (Å²) in [7, 11) is 0. The van der Waals surface area contributed by atoms with Crippen LogP contribution in [0.3, 0.4) is 0 Å². The Hall–Kier alpha value is 0.210. The third-order valence-corrected chi connectivity index (χ3v) is 2.73. The first-order chi connectivity index (χ1) is 5.65. The second kappa shape index (κ2) is 4.45. The average molecular weight is 192 g/mol. The molecule has 0 spiro atoms. The highest BCUT2D eigenvalue weighted by Crippen LogP contribution is 2.15. The predicted molar refractivity (Wildman–Crippen MR) is 51.8 cm³/mol. The molecule has 1 saturated heterocycles. The quantitative estimate of drug-likeness (QED) is 0.617. The highest BCUT2D eigenvalue weighted by Gasteiger charge is 2.26. The lowest BCUT2D eigenvalue weighted by Crippen LogP contribution is -2.51. The highest BCUT2D eigenvalue weighted by molar-refractivity contribution is 6.18. The van der Waals surface area contributed by atoms with Crippen molar-refractivity contribution in [2.75, 3.05) is 19.0 Å². The molecule has 0 saturated carbocycles. The molecule has 0 aromatic heterocycles. The summed E-state index contributed by atoms with van der Waals surface area (Å²) in [4.78, 5) is 2.44. The van der Waals surface area contributed by atoms with E-state index in [9.17, 15) is 0 Å². The Morgan fingerprint density at radius 1 is 1.58 bits per heavy atom. The van der Waals surface area contributed by atoms with Gasteiger partial charge in [-0.1, -0.05) is 0 Å². The van der Waals surface area contributed by atoms with E-state index in [1.807, 2.05) is 0 Å². The fourth-order valence-corrected chi connectivity index (χ4v) is 1.84. The maximum atomic E-state index is 5.75. The Balaban J connectivity index is 2.47. The van der Waals surface area contributed by atoms with Crippen molar-refractivity contribution in [1.29, 1.82) is 0 Å². The molecule has 0 aliphatic carbocycles. The topological polar surface area (TPSA) is 12.5 Å². The molecule has 0 amide bonds. The number of hydrogen-bond donors (Lipinski definition) is 0. The predicted octanol–water partition coefficient (Wildman–Crippen LogP) is 1.72. The summed E-state index contributed by atoms with van der Waals surface area (Å²) in [5.41, 5.74) is 0. The van der Waals surface area contributed by atoms with Gasteiger partial charge in [0.05, 0.1) is 12.7 Å². The first kappa shape index (κ1) is 10.3. The number of morpholine rings is 1. The lowest BCUT2D eigenvalue weighted by atomic mass is 10.1. The van der Waals surface area contributed by atoms with Crippen LogP contribution in [-0.2, 0) is 4.74 Å². The summed E-state index contributed by atoms with van der Waals surface area (Å²) < 4.78 is 5.55. The van der Waals surface area contributed by atoms with Crippen molar-refractivity contribution in [3.63, 3.8) is 0 Å². The zero-order valence-electron chi connectivity index (χ0n) is 8.09. The molecule has 0 bridgehead atoms. The van der Waals surface area contributed by atoms with Crippen molar-refractivity contribution >= 4 is 11.6 Å². The highest BCUT2D eigenvalue weighted by atomic mass is 35.5. The van der Waals surface area contributed by atoms with Gasteiger partial charge in [-0.3, -0.25) is 4.90 Å². The van der Waals surface area contributed by atoms with Gasteiger partial charge in [0.15, 0.2) is 0 Å². The van der Waals surface area contributed by atoms with Crippen LogP contribution >= 0.6 is 11.6 Å². The summed E-state index contributed by atoms with van der Waals surface area (Å²) in [5.74, 6) is 0.607. The molecule has 72 valence electrons. The summed E-state index contributed by atoms with van der Waals surface area (Å²) in [6.07, 6.45) is 0.227. The molecule has 0 radical (unpaired) electrons. The van der Waals surface area contributed by atoms with Gasteiger partial charge in [0.2, 0.25) is 0 Å². The minimum absolute atomic E-state index is 0.227. The fourth-order valence-electron chi connectivity index (χ4n) is 1.65. The zero-order valence-corrected chi connectivity index (χ0v) is 8.84. The van der Waals surface area contributed by atoms with Gasteiger partial charge in [0.25, 0.3) is 0 Å². The van der Waals surface area contributed by atoms with Gasteiger partial charge in [0, 0.05) is 24.5 Å². The average Bonchev–Trinajstić information content (AvgIpc) is 2.05. The van der Waals surface area contributed by atoms with E-state index in [0.717, 1.165) is 13.2 Å². The lowest BCUT2D eigenvalue weighted by molar-refractivity contribution is -0.0591. The minimum atomic E-state index is 0.227. The Morgan fingerprint density at radius 2 is 2.25 bits per heavy atom. The molecule has 3 heteroatoms. The van der Waals surface area contributed by atoms with Gasteiger partial charge in [0.1, 0.15) is 0 Å². The van der Waals surface area contributed by atoms with Gasteiger partial charge in [-0.15, -0.1) is 11.6 Å². The van der Waals surface area contributed by atoms with Crippen LogP contribution in [0, 0.1) is 0 Å². The Kier molecular flexibility index (Phi) is 3.81. The van der Waals surface area contributed by atoms with E-state index in [0.29, 0.717) is 18.0 Å². The first-order valence-electron chi connectivity index (χ1n) is 4.58. The third kappa shape index (κ3) is 2.35. The van der Waals surface area contributed by atoms with Gasteiger partial charge in [-0.2, -0.15) is 0 Å². The van der Waals surface area contributed by atoms with Gasteiger partial charge in [-0.05, 0) is 20.8 Å². The van der Waals surface area contributed by atoms with E-state index >= 15 is 0 Å². The van der Waals surface area contributed by atoms with Crippen LogP contribution in [0.5, 0.6) is 0 Å². The van der Waals surface area contributed by atoms with E-state index in [-0.39, 0.29) is 6.10 Å². The van der Waals surface area contributed by atoms with E-state index in [1.54, 1.807) is 0 Å². The first-order valence-corrected chi connectivity index (χ1v) is 5.12. The van der Waals surface area contributed by atoms with Crippen LogP contribution in [0.1, 0.15) is 20.8 Å². The maximum Gasteiger partial charge on any atom is 0.0838 e. The van der Waals surface area contributed by atoms with Crippen LogP contribution in [-0.4, -0.2) is 42.1 Å². The molecule has 0 aromatic rings. The molecule has 2 atom stereocenters. The second-order valence-electron chi connectivity index (χ2n) is 3.75. The lowest BCUT2D eigenvalue weighted by Gasteiger charge is -2.39. The molecule has 1 fully saturated rings. The smallest absolute Gasteiger partial charge is 0.0838 e. The van der Waals surface area contributed by atoms with Crippen molar-refractivity contribution in [3.8, 4) is 0 Å². The number of nitrogens with zero attached hydrogens (tertiary/aromatic N) is 1. The summed E-state index contributed by atoms with van der Waals surface area (Å²) >= 11 is 5.75. The van der Waals surface area contributed by atoms with Crippen LogP contribution in [0.15, 0.2) is 0 Å². The van der Waals surface area contributed by atoms with Crippen molar-refractivity contribution in [1.82, 2.24) is 4.90 Å². The molecule has 12 heavy (non-hydrogen) atoms. The van der Waals surface area contributed by atoms with Crippen LogP contribution in [0.2, 0.25) is 0 Å². The van der Waals surface area contributed by atoms with Crippen molar-refractivity contribution in [2.24, 2.45) is 0 Å². The largest absolute Gasteiger partial charge is 0.374 e. The molecular weight excluding hydrogens is 174 g/mol. The number of hydrogen-bond acceptors (Lipinski definition) is 2. The summed E-state index contributed by atoms with van der Waals surface area (Å²) in [6, 6.07) is 1.12. The Bertz CT molecular complexity index is 140. The number of rotatable bonds is 2. The number of alkyl halides is 1. The molecule has 1 aliphatic heterocycles. The van der Waals surface area contributed by atoms with Crippen LogP contribution in [0.25, 0.3) is 0 Å². The molecule has 0 aromatic carbocycles. The minimum Gasteiger partial charge on any atom is -0.374 e. The SMILES string of the molecule is CC(C)N1CC(CCl)OCC1C. The van der Waals surface area contributed by atoms with E-state index in [2.05, 4.69) is 25.7 Å². The van der Waals surface area contributed by atoms with Crippen molar-refractivity contribution in [3.05, 3.63) is 0 Å². The molecule has 2 unspecified atom stereocenters. The van der Waals surface area contributed by atoms with E-state index in [4.69, 9.17) is 16.3 Å². The van der Waals surface area contributed by atoms with E-state index in [1.165, 1.54) is 0 Å². The monoisotopic (exact) mass is 191 g/mol. The second-order valence-corrected chi connectivity index (χ2v) is 4.06. The zero-order chi connectivity index (χ0) is 9.14. The molecule has 1 aliphatic rings. The third-order valence-electron chi connectivity index (χ3n) is 2.39. The van der Waals surface area contributed by atoms with Crippen molar-refractivity contribution in [2.45, 2.75) is 39.0 Å².